The Morgan fingerprint density at radius 3 is 2.65 bits per heavy atom. The Kier molecular flexibility index (Phi) is 8.34. The molecule has 37 heavy (non-hydrogen) atoms. The molecule has 1 amide bonds. The van der Waals surface area contributed by atoms with Crippen LogP contribution in [0.4, 0.5) is 19.0 Å². The molecule has 1 aliphatic rings. The van der Waals surface area contributed by atoms with Crippen molar-refractivity contribution in [3.63, 3.8) is 0 Å². The predicted octanol–water partition coefficient (Wildman–Crippen LogP) is 6.12. The summed E-state index contributed by atoms with van der Waals surface area (Å²) in [6.07, 6.45) is 0.451. The van der Waals surface area contributed by atoms with Gasteiger partial charge >= 0.3 is 6.18 Å². The van der Waals surface area contributed by atoms with Gasteiger partial charge in [0.2, 0.25) is 5.91 Å². The third kappa shape index (κ3) is 6.40. The zero-order valence-electron chi connectivity index (χ0n) is 21.6. The summed E-state index contributed by atoms with van der Waals surface area (Å²) in [6.45, 7) is 8.67. The molecule has 200 valence electrons. The van der Waals surface area contributed by atoms with E-state index in [1.807, 2.05) is 4.90 Å². The van der Waals surface area contributed by atoms with Crippen LogP contribution in [-0.2, 0) is 17.4 Å². The van der Waals surface area contributed by atoms with Crippen LogP contribution in [0, 0.1) is 5.92 Å². The van der Waals surface area contributed by atoms with Crippen LogP contribution in [0.25, 0.3) is 22.4 Å². The van der Waals surface area contributed by atoms with E-state index in [1.54, 1.807) is 6.07 Å². The van der Waals surface area contributed by atoms with Crippen LogP contribution >= 0.6 is 0 Å². The molecular weight excluding hydrogens is 483 g/mol. The number of anilines is 1. The summed E-state index contributed by atoms with van der Waals surface area (Å²) < 4.78 is 45.8. The van der Waals surface area contributed by atoms with E-state index in [0.717, 1.165) is 37.8 Å². The number of halogens is 3. The number of benzene rings is 1. The summed E-state index contributed by atoms with van der Waals surface area (Å²) in [5.74, 6) is 1.66. The number of unbranched alkanes of at least 4 members (excludes halogenated alkanes) is 2. The molecule has 2 aromatic heterocycles. The highest BCUT2D eigenvalue weighted by molar-refractivity contribution is 5.98. The second-order valence-electron chi connectivity index (χ2n) is 10.0. The van der Waals surface area contributed by atoms with Gasteiger partial charge in [-0.2, -0.15) is 18.2 Å². The molecule has 0 bridgehead atoms. The molecule has 3 aromatic rings. The van der Waals surface area contributed by atoms with Gasteiger partial charge < -0.3 is 14.3 Å². The largest absolute Gasteiger partial charge is 0.416 e. The van der Waals surface area contributed by atoms with Crippen LogP contribution in [0.3, 0.4) is 0 Å². The molecule has 0 aliphatic carbocycles. The fourth-order valence-electron chi connectivity index (χ4n) is 4.67. The van der Waals surface area contributed by atoms with E-state index in [2.05, 4.69) is 35.8 Å². The molecule has 1 aliphatic heterocycles. The van der Waals surface area contributed by atoms with Crippen LogP contribution in [0.15, 0.2) is 28.8 Å². The van der Waals surface area contributed by atoms with Gasteiger partial charge in [-0.1, -0.05) is 50.9 Å². The Hall–Kier alpha value is -3.17. The van der Waals surface area contributed by atoms with Crippen LogP contribution in [0.5, 0.6) is 0 Å². The molecule has 4 rings (SSSR count). The molecule has 1 aromatic carbocycles. The molecule has 0 unspecified atom stereocenters. The summed E-state index contributed by atoms with van der Waals surface area (Å²) in [5, 5.41) is 4.63. The zero-order chi connectivity index (χ0) is 26.6. The van der Waals surface area contributed by atoms with E-state index in [9.17, 15) is 18.0 Å². The van der Waals surface area contributed by atoms with Gasteiger partial charge in [0, 0.05) is 44.6 Å². The predicted molar refractivity (Wildman–Crippen MR) is 136 cm³/mol. The molecule has 0 N–H and O–H groups in total. The highest BCUT2D eigenvalue weighted by Crippen LogP contribution is 2.37. The highest BCUT2D eigenvalue weighted by atomic mass is 19.4. The lowest BCUT2D eigenvalue weighted by Crippen LogP contribution is -2.35. The summed E-state index contributed by atoms with van der Waals surface area (Å²) in [5.41, 5.74) is 0.0679. The number of amides is 1. The summed E-state index contributed by atoms with van der Waals surface area (Å²) in [6, 6.07) is 5.05. The average Bonchev–Trinajstić information content (AvgIpc) is 3.11. The van der Waals surface area contributed by atoms with E-state index in [1.165, 1.54) is 6.07 Å². The maximum Gasteiger partial charge on any atom is 0.416 e. The van der Waals surface area contributed by atoms with Crippen molar-refractivity contribution in [2.24, 2.45) is 5.92 Å². The number of alkyl halides is 3. The second kappa shape index (κ2) is 11.5. The van der Waals surface area contributed by atoms with Crippen molar-refractivity contribution in [1.29, 1.82) is 0 Å². The zero-order valence-corrected chi connectivity index (χ0v) is 21.6. The van der Waals surface area contributed by atoms with Crippen LogP contribution in [0.1, 0.15) is 64.3 Å². The molecule has 0 spiro atoms. The van der Waals surface area contributed by atoms with Gasteiger partial charge in [0.15, 0.2) is 0 Å². The first kappa shape index (κ1) is 26.9. The van der Waals surface area contributed by atoms with Gasteiger partial charge in [0.25, 0.3) is 5.71 Å². The molecule has 10 heteroatoms. The molecule has 0 saturated carbocycles. The molecule has 0 radical (unpaired) electrons. The highest BCUT2D eigenvalue weighted by Gasteiger charge is 2.32. The lowest BCUT2D eigenvalue weighted by molar-refractivity contribution is -0.137. The van der Waals surface area contributed by atoms with Crippen molar-refractivity contribution in [2.45, 2.75) is 65.5 Å². The van der Waals surface area contributed by atoms with E-state index in [4.69, 9.17) is 9.51 Å². The van der Waals surface area contributed by atoms with Gasteiger partial charge in [-0.3, -0.25) is 4.79 Å². The van der Waals surface area contributed by atoms with Crippen LogP contribution in [-0.4, -0.2) is 52.1 Å². The number of hydrogen-bond donors (Lipinski definition) is 0. The topological polar surface area (TPSA) is 75.4 Å². The Morgan fingerprint density at radius 2 is 1.92 bits per heavy atom. The number of hydrogen-bond acceptors (Lipinski definition) is 6. The quantitative estimate of drug-likeness (QED) is 0.335. The first-order valence-corrected chi connectivity index (χ1v) is 13.0. The Bertz CT molecular complexity index is 1220. The van der Waals surface area contributed by atoms with Crippen LogP contribution in [0.2, 0.25) is 0 Å². The van der Waals surface area contributed by atoms with E-state index < -0.39 is 11.7 Å². The van der Waals surface area contributed by atoms with Crippen molar-refractivity contribution in [3.05, 3.63) is 35.7 Å². The van der Waals surface area contributed by atoms with Gasteiger partial charge in [0.1, 0.15) is 22.7 Å². The molecule has 1 saturated heterocycles. The standard InChI is InChI=1S/C27H34F3N5O2/c1-4-5-6-11-22(36)34-12-8-13-35(15-14-34)25-23-24(19-9-7-10-20(17-19)27(28,29)30)33-37-26(23)32-21(31-25)16-18(2)3/h7,9-10,17-18H,4-6,8,11-16H2,1-3H3. The van der Waals surface area contributed by atoms with Crippen molar-refractivity contribution < 1.29 is 22.5 Å². The van der Waals surface area contributed by atoms with E-state index in [0.29, 0.717) is 62.0 Å². The third-order valence-corrected chi connectivity index (χ3v) is 6.56. The number of carbonyl (C=O) groups is 1. The van der Waals surface area contributed by atoms with Crippen molar-refractivity contribution in [1.82, 2.24) is 20.0 Å². The second-order valence-corrected chi connectivity index (χ2v) is 10.0. The van der Waals surface area contributed by atoms with Gasteiger partial charge in [-0.05, 0) is 30.9 Å². The Labute approximate surface area is 215 Å². The SMILES string of the molecule is CCCCCC(=O)N1CCCN(c2nc(CC(C)C)nc3onc(-c4cccc(C(F)(F)F)c4)c23)CC1. The maximum absolute atomic E-state index is 13.4. The normalized spacial score (nSPS) is 15.0. The van der Waals surface area contributed by atoms with Crippen molar-refractivity contribution in [2.75, 3.05) is 31.1 Å². The molecule has 1 fully saturated rings. The fourth-order valence-corrected chi connectivity index (χ4v) is 4.67. The minimum Gasteiger partial charge on any atom is -0.354 e. The number of nitrogens with zero attached hydrogens (tertiary/aromatic N) is 5. The number of fused-ring (bicyclic) bond motifs is 1. The average molecular weight is 518 g/mol. The van der Waals surface area contributed by atoms with E-state index in [-0.39, 0.29) is 22.9 Å². The lowest BCUT2D eigenvalue weighted by Gasteiger charge is -2.24. The molecule has 7 nitrogen and oxygen atoms in total. The lowest BCUT2D eigenvalue weighted by atomic mass is 10.1. The minimum atomic E-state index is -4.47. The first-order valence-electron chi connectivity index (χ1n) is 13.0. The summed E-state index contributed by atoms with van der Waals surface area (Å²) in [4.78, 5) is 26.1. The molecular formula is C27H34F3N5O2. The number of carbonyl (C=O) groups excluding carboxylic acids is 1. The summed E-state index contributed by atoms with van der Waals surface area (Å²) in [7, 11) is 0. The number of aromatic nitrogens is 3. The molecule has 3 heterocycles. The van der Waals surface area contributed by atoms with Gasteiger partial charge in [-0.15, -0.1) is 0 Å². The molecule has 0 atom stereocenters. The van der Waals surface area contributed by atoms with Gasteiger partial charge in [-0.25, -0.2) is 4.98 Å². The minimum absolute atomic E-state index is 0.165. The Balaban J connectivity index is 1.70. The van der Waals surface area contributed by atoms with Gasteiger partial charge in [0.05, 0.1) is 5.56 Å². The first-order chi connectivity index (χ1) is 17.7. The van der Waals surface area contributed by atoms with Crippen molar-refractivity contribution in [3.8, 4) is 11.3 Å². The smallest absolute Gasteiger partial charge is 0.354 e. The fraction of sp³-hybridized carbons (Fsp3) is 0.556. The maximum atomic E-state index is 13.4. The Morgan fingerprint density at radius 1 is 1.11 bits per heavy atom. The number of rotatable bonds is 8. The van der Waals surface area contributed by atoms with Crippen molar-refractivity contribution >= 4 is 22.8 Å². The van der Waals surface area contributed by atoms with Crippen LogP contribution < -0.4 is 4.90 Å². The summed E-state index contributed by atoms with van der Waals surface area (Å²) >= 11 is 0. The monoisotopic (exact) mass is 517 g/mol. The van der Waals surface area contributed by atoms with E-state index >= 15 is 0 Å². The third-order valence-electron chi connectivity index (χ3n) is 6.56.